The number of nitrogens with one attached hydrogen (secondary N) is 1. The molecule has 2 aromatic rings. The van der Waals surface area contributed by atoms with E-state index in [0.29, 0.717) is 29.5 Å². The summed E-state index contributed by atoms with van der Waals surface area (Å²) >= 11 is 1.12. The molecule has 0 saturated carbocycles. The minimum Gasteiger partial charge on any atom is -0.490 e. The monoisotopic (exact) mass is 306 g/mol. The van der Waals surface area contributed by atoms with Gasteiger partial charge in [-0.05, 0) is 30.1 Å². The summed E-state index contributed by atoms with van der Waals surface area (Å²) in [4.78, 5) is 12.6. The lowest BCUT2D eigenvalue weighted by Crippen LogP contribution is -2.28. The average Bonchev–Trinajstić information content (AvgIpc) is 2.94. The van der Waals surface area contributed by atoms with E-state index in [-0.39, 0.29) is 5.91 Å². The second kappa shape index (κ2) is 7.58. The molecule has 1 aromatic carbocycles. The molecular weight excluding hydrogens is 288 g/mol. The van der Waals surface area contributed by atoms with Gasteiger partial charge >= 0.3 is 0 Å². The van der Waals surface area contributed by atoms with Crippen molar-refractivity contribution in [1.82, 2.24) is 14.9 Å². The lowest BCUT2D eigenvalue weighted by atomic mass is 10.2. The van der Waals surface area contributed by atoms with Crippen LogP contribution in [-0.2, 0) is 6.42 Å². The summed E-state index contributed by atoms with van der Waals surface area (Å²) in [5.74, 6) is 0.468. The fourth-order valence-corrected chi connectivity index (χ4v) is 2.42. The van der Waals surface area contributed by atoms with Gasteiger partial charge < -0.3 is 15.8 Å². The Morgan fingerprint density at radius 3 is 3.00 bits per heavy atom. The predicted molar refractivity (Wildman–Crippen MR) is 82.6 cm³/mol. The van der Waals surface area contributed by atoms with Crippen molar-refractivity contribution in [2.75, 3.05) is 18.9 Å². The number of nitrogens with two attached hydrogens (primary N) is 1. The maximum atomic E-state index is 12.0. The van der Waals surface area contributed by atoms with Crippen molar-refractivity contribution in [1.29, 1.82) is 0 Å². The van der Waals surface area contributed by atoms with Crippen molar-refractivity contribution in [3.63, 3.8) is 0 Å². The molecule has 0 aliphatic rings. The number of nitrogens with zero attached hydrogens (tertiary/aromatic N) is 2. The molecule has 21 heavy (non-hydrogen) atoms. The third-order valence-corrected chi connectivity index (χ3v) is 3.58. The molecule has 112 valence electrons. The number of benzene rings is 1. The second-order valence-corrected chi connectivity index (χ2v) is 5.20. The fourth-order valence-electron chi connectivity index (χ4n) is 1.80. The van der Waals surface area contributed by atoms with Crippen LogP contribution in [-0.4, -0.2) is 28.6 Å². The Labute approximate surface area is 127 Å². The molecule has 3 N–H and O–H groups in total. The molecule has 1 amide bonds. The largest absolute Gasteiger partial charge is 0.490 e. The van der Waals surface area contributed by atoms with Crippen molar-refractivity contribution < 1.29 is 9.53 Å². The van der Waals surface area contributed by atoms with Gasteiger partial charge in [-0.2, -0.15) is 0 Å². The molecule has 0 aliphatic heterocycles. The molecule has 0 saturated heterocycles. The molecule has 1 aromatic heterocycles. The summed E-state index contributed by atoms with van der Waals surface area (Å²) < 4.78 is 9.35. The number of amides is 1. The maximum Gasteiger partial charge on any atom is 0.265 e. The first-order valence-corrected chi connectivity index (χ1v) is 7.56. The highest BCUT2D eigenvalue weighted by molar-refractivity contribution is 7.08. The summed E-state index contributed by atoms with van der Waals surface area (Å²) in [5, 5.41) is 6.77. The molecule has 2 rings (SSSR count). The van der Waals surface area contributed by atoms with Gasteiger partial charge in [0.15, 0.2) is 0 Å². The summed E-state index contributed by atoms with van der Waals surface area (Å²) in [6, 6.07) is 7.26. The minimum absolute atomic E-state index is 0.155. The third kappa shape index (κ3) is 4.16. The highest BCUT2D eigenvalue weighted by atomic mass is 32.1. The Bertz CT molecular complexity index is 600. The first kappa shape index (κ1) is 15.2. The molecule has 0 bridgehead atoms. The van der Waals surface area contributed by atoms with Crippen molar-refractivity contribution in [2.45, 2.75) is 19.8 Å². The van der Waals surface area contributed by atoms with E-state index >= 15 is 0 Å². The first-order valence-electron chi connectivity index (χ1n) is 6.79. The van der Waals surface area contributed by atoms with Crippen molar-refractivity contribution in [2.24, 2.45) is 0 Å². The van der Waals surface area contributed by atoms with Gasteiger partial charge in [0.05, 0.1) is 17.9 Å². The molecular formula is C14H18N4O2S. The average molecular weight is 306 g/mol. The highest BCUT2D eigenvalue weighted by Gasteiger charge is 2.14. The van der Waals surface area contributed by atoms with Crippen LogP contribution in [0.15, 0.2) is 24.3 Å². The lowest BCUT2D eigenvalue weighted by Gasteiger charge is -2.09. The number of hydrogen-bond acceptors (Lipinski definition) is 6. The Hall–Kier alpha value is -2.15. The van der Waals surface area contributed by atoms with Gasteiger partial charge in [-0.15, -0.1) is 5.10 Å². The Balaban J connectivity index is 1.79. The summed E-state index contributed by atoms with van der Waals surface area (Å²) in [6.07, 6.45) is 1.69. The minimum atomic E-state index is -0.155. The van der Waals surface area contributed by atoms with E-state index < -0.39 is 0 Å². The van der Waals surface area contributed by atoms with Crippen molar-refractivity contribution in [3.8, 4) is 5.75 Å². The van der Waals surface area contributed by atoms with Crippen LogP contribution in [0.25, 0.3) is 0 Å². The molecule has 0 spiro atoms. The van der Waals surface area contributed by atoms with E-state index in [9.17, 15) is 4.79 Å². The second-order valence-electron chi connectivity index (χ2n) is 4.44. The van der Waals surface area contributed by atoms with E-state index in [1.54, 1.807) is 12.1 Å². The van der Waals surface area contributed by atoms with E-state index in [0.717, 1.165) is 30.1 Å². The summed E-state index contributed by atoms with van der Waals surface area (Å²) in [5.41, 5.74) is 7.11. The first-order chi connectivity index (χ1) is 10.2. The van der Waals surface area contributed by atoms with Crippen LogP contribution in [0.1, 0.15) is 28.7 Å². The number of ether oxygens (including phenoxy) is 1. The number of nitrogen functional groups attached to an aromatic ring is 1. The molecule has 0 atom stereocenters. The van der Waals surface area contributed by atoms with Crippen LogP contribution < -0.4 is 15.8 Å². The number of aryl methyl sites for hydroxylation is 1. The van der Waals surface area contributed by atoms with Gasteiger partial charge in [0.1, 0.15) is 17.2 Å². The topological polar surface area (TPSA) is 90.1 Å². The van der Waals surface area contributed by atoms with Gasteiger partial charge in [-0.25, -0.2) is 0 Å². The zero-order valence-electron chi connectivity index (χ0n) is 11.8. The van der Waals surface area contributed by atoms with Gasteiger partial charge in [-0.3, -0.25) is 4.79 Å². The molecule has 0 radical (unpaired) electrons. The maximum absolute atomic E-state index is 12.0. The summed E-state index contributed by atoms with van der Waals surface area (Å²) in [7, 11) is 0. The Kier molecular flexibility index (Phi) is 5.51. The van der Waals surface area contributed by atoms with Crippen LogP contribution in [0.2, 0.25) is 0 Å². The standard InChI is InChI=1S/C14H18N4O2S/c1-2-5-11-13(21-18-17-11)14(19)16-8-9-20-12-7-4-3-6-10(12)15/h3-4,6-7H,2,5,8-9,15H2,1H3,(H,16,19). The lowest BCUT2D eigenvalue weighted by molar-refractivity contribution is 0.0950. The van der Waals surface area contributed by atoms with Gasteiger partial charge in [-0.1, -0.05) is 30.0 Å². The van der Waals surface area contributed by atoms with Crippen molar-refractivity contribution in [3.05, 3.63) is 34.8 Å². The van der Waals surface area contributed by atoms with Crippen LogP contribution >= 0.6 is 11.5 Å². The summed E-state index contributed by atoms with van der Waals surface area (Å²) in [6.45, 7) is 2.80. The number of anilines is 1. The normalized spacial score (nSPS) is 10.3. The predicted octanol–water partition coefficient (Wildman–Crippen LogP) is 1.88. The van der Waals surface area contributed by atoms with E-state index in [2.05, 4.69) is 14.9 Å². The Morgan fingerprint density at radius 2 is 2.24 bits per heavy atom. The smallest absolute Gasteiger partial charge is 0.265 e. The van der Waals surface area contributed by atoms with E-state index in [1.165, 1.54) is 0 Å². The van der Waals surface area contributed by atoms with Gasteiger partial charge in [0.25, 0.3) is 5.91 Å². The van der Waals surface area contributed by atoms with Crippen LogP contribution in [0.3, 0.4) is 0 Å². The number of carbonyl (C=O) groups is 1. The van der Waals surface area contributed by atoms with Gasteiger partial charge in [0, 0.05) is 0 Å². The molecule has 1 heterocycles. The zero-order valence-corrected chi connectivity index (χ0v) is 12.7. The third-order valence-electron chi connectivity index (χ3n) is 2.81. The molecule has 6 nitrogen and oxygen atoms in total. The Morgan fingerprint density at radius 1 is 1.43 bits per heavy atom. The van der Waals surface area contributed by atoms with Crippen LogP contribution in [0.4, 0.5) is 5.69 Å². The zero-order chi connectivity index (χ0) is 15.1. The highest BCUT2D eigenvalue weighted by Crippen LogP contribution is 2.19. The SMILES string of the molecule is CCCc1nnsc1C(=O)NCCOc1ccccc1N. The number of aromatic nitrogens is 2. The van der Waals surface area contributed by atoms with Crippen molar-refractivity contribution >= 4 is 23.1 Å². The number of carbonyl (C=O) groups excluding carboxylic acids is 1. The van der Waals surface area contributed by atoms with Crippen LogP contribution in [0, 0.1) is 0 Å². The fraction of sp³-hybridized carbons (Fsp3) is 0.357. The van der Waals surface area contributed by atoms with Gasteiger partial charge in [0.2, 0.25) is 0 Å². The number of para-hydroxylation sites is 2. The quantitative estimate of drug-likeness (QED) is 0.602. The van der Waals surface area contributed by atoms with E-state index in [1.807, 2.05) is 19.1 Å². The molecule has 0 unspecified atom stereocenters. The van der Waals surface area contributed by atoms with Crippen LogP contribution in [0.5, 0.6) is 5.75 Å². The molecule has 0 fully saturated rings. The molecule has 7 heteroatoms. The molecule has 0 aliphatic carbocycles. The number of hydrogen-bond donors (Lipinski definition) is 2. The van der Waals surface area contributed by atoms with E-state index in [4.69, 9.17) is 10.5 Å². The number of rotatable bonds is 7.